The molecule has 1 aliphatic rings. The van der Waals surface area contributed by atoms with E-state index < -0.39 is 11.4 Å². The molecule has 4 N–H and O–H groups in total. The van der Waals surface area contributed by atoms with Crippen LogP contribution < -0.4 is 21.3 Å². The first-order valence-electron chi connectivity index (χ1n) is 12.8. The monoisotopic (exact) mass is 574 g/mol. The first-order valence-corrected chi connectivity index (χ1v) is 13.6. The maximum absolute atomic E-state index is 14.4. The molecular weight excluding hydrogens is 547 g/mol. The number of amides is 2. The summed E-state index contributed by atoms with van der Waals surface area (Å²) < 4.78 is 0. The summed E-state index contributed by atoms with van der Waals surface area (Å²) >= 11 is 12.8. The third kappa shape index (κ3) is 5.51. The predicted octanol–water partition coefficient (Wildman–Crippen LogP) is 5.01. The lowest BCUT2D eigenvalue weighted by atomic mass is 9.86. The van der Waals surface area contributed by atoms with Gasteiger partial charge in [-0.1, -0.05) is 59.6 Å². The maximum atomic E-state index is 14.4. The van der Waals surface area contributed by atoms with Crippen molar-refractivity contribution in [3.63, 3.8) is 0 Å². The number of rotatable bonds is 7. The minimum absolute atomic E-state index is 0.0264. The molecule has 40 heavy (non-hydrogen) atoms. The first kappa shape index (κ1) is 27.6. The van der Waals surface area contributed by atoms with Gasteiger partial charge >= 0.3 is 0 Å². The summed E-state index contributed by atoms with van der Waals surface area (Å²) in [5, 5.41) is 7.10. The van der Waals surface area contributed by atoms with Crippen molar-refractivity contribution in [1.29, 1.82) is 0 Å². The lowest BCUT2D eigenvalue weighted by Gasteiger charge is -2.41. The molecule has 0 saturated carbocycles. The van der Waals surface area contributed by atoms with Crippen molar-refractivity contribution in [3.05, 3.63) is 106 Å². The van der Waals surface area contributed by atoms with Crippen LogP contribution in [0, 0.1) is 0 Å². The Bertz CT molecular complexity index is 1560. The number of hydrogen-bond donors (Lipinski definition) is 3. The van der Waals surface area contributed by atoms with Crippen LogP contribution in [0.1, 0.15) is 32.8 Å². The second kappa shape index (κ2) is 11.6. The summed E-state index contributed by atoms with van der Waals surface area (Å²) in [5.74, 6) is -0.579. The van der Waals surface area contributed by atoms with Gasteiger partial charge in [-0.15, -0.1) is 0 Å². The Morgan fingerprint density at radius 2 is 1.88 bits per heavy atom. The van der Waals surface area contributed by atoms with Gasteiger partial charge in [0.25, 0.3) is 11.8 Å². The smallest absolute Gasteiger partial charge is 0.273 e. The van der Waals surface area contributed by atoms with Gasteiger partial charge in [0, 0.05) is 40.5 Å². The van der Waals surface area contributed by atoms with Gasteiger partial charge in [0.05, 0.1) is 17.4 Å². The molecule has 1 atom stereocenters. The van der Waals surface area contributed by atoms with E-state index in [0.29, 0.717) is 39.8 Å². The summed E-state index contributed by atoms with van der Waals surface area (Å²) in [6, 6.07) is 22.2. The summed E-state index contributed by atoms with van der Waals surface area (Å²) in [4.78, 5) is 37.1. The molecule has 0 bridgehead atoms. The quantitative estimate of drug-likeness (QED) is 0.286. The molecule has 1 fully saturated rings. The minimum Gasteiger partial charge on any atom is -0.382 e. The van der Waals surface area contributed by atoms with Crippen LogP contribution in [0.4, 0.5) is 11.5 Å². The van der Waals surface area contributed by atoms with Crippen LogP contribution in [0.5, 0.6) is 0 Å². The van der Waals surface area contributed by atoms with Gasteiger partial charge in [0.1, 0.15) is 0 Å². The van der Waals surface area contributed by atoms with Gasteiger partial charge in [-0.3, -0.25) is 9.59 Å². The van der Waals surface area contributed by atoms with Crippen molar-refractivity contribution in [3.8, 4) is 11.3 Å². The van der Waals surface area contributed by atoms with Crippen LogP contribution in [0.3, 0.4) is 0 Å². The van der Waals surface area contributed by atoms with Crippen LogP contribution >= 0.6 is 23.2 Å². The Balaban J connectivity index is 1.58. The number of nitrogens with two attached hydrogens (primary N) is 1. The van der Waals surface area contributed by atoms with E-state index in [1.54, 1.807) is 24.3 Å². The molecule has 10 heteroatoms. The fourth-order valence-electron chi connectivity index (χ4n) is 5.12. The standard InChI is InChI=1S/C30H28Cl2N6O2/c1-34-28(39)26-27(33)36-17-25(37-26)19-6-5-7-20(14-19)29(40)38(23-8-3-2-4-9-23)30(12-13-35-18-30)16-21-10-11-22(31)15-24(21)32/h2-11,14-15,17,35H,12-13,16,18H2,1H3,(H2,33,36)(H,34,39)/t30-/m0/s1. The van der Waals surface area contributed by atoms with Crippen molar-refractivity contribution >= 4 is 46.5 Å². The van der Waals surface area contributed by atoms with Crippen LogP contribution in [-0.4, -0.2) is 47.5 Å². The van der Waals surface area contributed by atoms with Gasteiger partial charge in [-0.2, -0.15) is 0 Å². The van der Waals surface area contributed by atoms with E-state index in [1.807, 2.05) is 53.4 Å². The van der Waals surface area contributed by atoms with Crippen LogP contribution in [0.2, 0.25) is 10.0 Å². The highest BCUT2D eigenvalue weighted by Crippen LogP contribution is 2.36. The van der Waals surface area contributed by atoms with E-state index in [2.05, 4.69) is 20.6 Å². The second-order valence-electron chi connectivity index (χ2n) is 9.69. The van der Waals surface area contributed by atoms with E-state index in [-0.39, 0.29) is 17.4 Å². The zero-order valence-corrected chi connectivity index (χ0v) is 23.3. The molecule has 4 aromatic rings. The molecule has 2 amide bonds. The van der Waals surface area contributed by atoms with E-state index in [1.165, 1.54) is 13.2 Å². The summed E-state index contributed by atoms with van der Waals surface area (Å²) in [5.41, 5.74) is 8.54. The molecule has 0 spiro atoms. The zero-order valence-electron chi connectivity index (χ0n) is 21.8. The zero-order chi connectivity index (χ0) is 28.3. The molecule has 0 radical (unpaired) electrons. The van der Waals surface area contributed by atoms with Crippen molar-refractivity contribution in [2.24, 2.45) is 0 Å². The molecule has 204 valence electrons. The Labute approximate surface area is 242 Å². The van der Waals surface area contributed by atoms with Crippen molar-refractivity contribution in [2.75, 3.05) is 30.8 Å². The highest BCUT2D eigenvalue weighted by atomic mass is 35.5. The number of aromatic nitrogens is 2. The highest BCUT2D eigenvalue weighted by molar-refractivity contribution is 6.35. The molecule has 5 rings (SSSR count). The van der Waals surface area contributed by atoms with E-state index in [4.69, 9.17) is 28.9 Å². The number of carbonyl (C=O) groups is 2. The molecule has 8 nitrogen and oxygen atoms in total. The van der Waals surface area contributed by atoms with Gasteiger partial charge in [0.15, 0.2) is 11.5 Å². The number of benzene rings is 3. The number of nitrogen functional groups attached to an aromatic ring is 1. The largest absolute Gasteiger partial charge is 0.382 e. The lowest BCUT2D eigenvalue weighted by molar-refractivity contribution is 0.0949. The van der Waals surface area contributed by atoms with Gasteiger partial charge in [-0.05, 0) is 61.3 Å². The van der Waals surface area contributed by atoms with E-state index in [0.717, 1.165) is 24.2 Å². The summed E-state index contributed by atoms with van der Waals surface area (Å²) in [6.45, 7) is 1.34. The number of anilines is 2. The third-order valence-electron chi connectivity index (χ3n) is 7.10. The minimum atomic E-state index is -0.584. The fourth-order valence-corrected chi connectivity index (χ4v) is 5.59. The van der Waals surface area contributed by atoms with Crippen LogP contribution in [-0.2, 0) is 6.42 Å². The van der Waals surface area contributed by atoms with Gasteiger partial charge in [-0.25, -0.2) is 9.97 Å². The number of hydrogen-bond acceptors (Lipinski definition) is 6. The second-order valence-corrected chi connectivity index (χ2v) is 10.5. The Morgan fingerprint density at radius 1 is 1.07 bits per heavy atom. The van der Waals surface area contributed by atoms with Crippen molar-refractivity contribution in [1.82, 2.24) is 20.6 Å². The maximum Gasteiger partial charge on any atom is 0.273 e. The molecule has 2 heterocycles. The molecular formula is C30H28Cl2N6O2. The van der Waals surface area contributed by atoms with E-state index >= 15 is 0 Å². The van der Waals surface area contributed by atoms with Crippen LogP contribution in [0.15, 0.2) is 79.0 Å². The number of para-hydroxylation sites is 1. The number of halogens is 2. The lowest BCUT2D eigenvalue weighted by Crippen LogP contribution is -2.55. The first-order chi connectivity index (χ1) is 19.3. The average Bonchev–Trinajstić information content (AvgIpc) is 3.44. The molecule has 0 aliphatic carbocycles. The molecule has 1 aromatic heterocycles. The number of nitrogens with one attached hydrogen (secondary N) is 2. The summed E-state index contributed by atoms with van der Waals surface area (Å²) in [6.07, 6.45) is 2.76. The molecule has 3 aromatic carbocycles. The Hall–Kier alpha value is -3.98. The number of nitrogens with zero attached hydrogens (tertiary/aromatic N) is 3. The average molecular weight is 576 g/mol. The summed E-state index contributed by atoms with van der Waals surface area (Å²) in [7, 11) is 1.50. The molecule has 0 unspecified atom stereocenters. The van der Waals surface area contributed by atoms with Crippen molar-refractivity contribution in [2.45, 2.75) is 18.4 Å². The third-order valence-corrected chi connectivity index (χ3v) is 7.68. The molecule has 1 aliphatic heterocycles. The fraction of sp³-hybridized carbons (Fsp3) is 0.200. The Kier molecular flexibility index (Phi) is 8.02. The Morgan fingerprint density at radius 3 is 2.58 bits per heavy atom. The van der Waals surface area contributed by atoms with E-state index in [9.17, 15) is 9.59 Å². The topological polar surface area (TPSA) is 113 Å². The van der Waals surface area contributed by atoms with Gasteiger partial charge in [0.2, 0.25) is 0 Å². The SMILES string of the molecule is CNC(=O)c1nc(-c2cccc(C(=O)N(c3ccccc3)[C@]3(Cc4ccc(Cl)cc4Cl)CCNC3)c2)cnc1N. The highest BCUT2D eigenvalue weighted by Gasteiger charge is 2.44. The normalized spacial score (nSPS) is 16.5. The van der Waals surface area contributed by atoms with Gasteiger partial charge < -0.3 is 21.3 Å². The predicted molar refractivity (Wildman–Crippen MR) is 159 cm³/mol. The molecule has 1 saturated heterocycles. The van der Waals surface area contributed by atoms with Crippen molar-refractivity contribution < 1.29 is 9.59 Å². The van der Waals surface area contributed by atoms with Crippen LogP contribution in [0.25, 0.3) is 11.3 Å². The number of carbonyl (C=O) groups excluding carboxylic acids is 2.